The van der Waals surface area contributed by atoms with Crippen LogP contribution >= 0.6 is 23.1 Å². The summed E-state index contributed by atoms with van der Waals surface area (Å²) in [6, 6.07) is 1.99. The Hall–Kier alpha value is -0.280. The van der Waals surface area contributed by atoms with Gasteiger partial charge in [0.1, 0.15) is 0 Å². The molecule has 1 aromatic rings. The highest BCUT2D eigenvalue weighted by Gasteiger charge is 2.09. The first-order chi connectivity index (χ1) is 5.75. The van der Waals surface area contributed by atoms with Crippen LogP contribution in [0.2, 0.25) is 0 Å². The number of rotatable bonds is 4. The minimum atomic E-state index is 0.273. The van der Waals surface area contributed by atoms with Crippen LogP contribution in [0.4, 0.5) is 0 Å². The first kappa shape index (κ1) is 9.81. The molecule has 0 aromatic carbocycles. The van der Waals surface area contributed by atoms with Crippen molar-refractivity contribution in [1.82, 2.24) is 0 Å². The molecule has 1 aromatic heterocycles. The van der Waals surface area contributed by atoms with E-state index in [1.807, 2.05) is 18.4 Å². The molecule has 0 aliphatic carbocycles. The summed E-state index contributed by atoms with van der Waals surface area (Å²) in [4.78, 5) is 12.4. The molecule has 0 unspecified atom stereocenters. The van der Waals surface area contributed by atoms with Crippen molar-refractivity contribution in [2.75, 3.05) is 11.5 Å². The maximum Gasteiger partial charge on any atom is 0.182 e. The van der Waals surface area contributed by atoms with E-state index < -0.39 is 0 Å². The number of aryl methyl sites for hydroxylation is 1. The molecule has 1 heterocycles. The van der Waals surface area contributed by atoms with Crippen LogP contribution in [0.15, 0.2) is 11.4 Å². The molecule has 0 atom stereocenters. The molecule has 0 aliphatic rings. The van der Waals surface area contributed by atoms with Gasteiger partial charge in [-0.3, -0.25) is 4.79 Å². The van der Waals surface area contributed by atoms with Gasteiger partial charge in [-0.25, -0.2) is 0 Å². The van der Waals surface area contributed by atoms with Gasteiger partial charge in [0, 0.05) is 0 Å². The predicted octanol–water partition coefficient (Wildman–Crippen LogP) is 2.99. The molecule has 0 amide bonds. The van der Waals surface area contributed by atoms with Gasteiger partial charge >= 0.3 is 0 Å². The van der Waals surface area contributed by atoms with Crippen LogP contribution in [-0.2, 0) is 0 Å². The van der Waals surface area contributed by atoms with Crippen molar-refractivity contribution in [1.29, 1.82) is 0 Å². The summed E-state index contributed by atoms with van der Waals surface area (Å²) in [6.45, 7) is 4.06. The Morgan fingerprint density at radius 1 is 1.67 bits per heavy atom. The van der Waals surface area contributed by atoms with E-state index in [0.717, 1.165) is 16.2 Å². The fraction of sp³-hybridized carbons (Fsp3) is 0.444. The molecular formula is C9H12OS2. The molecular weight excluding hydrogens is 188 g/mol. The molecule has 3 heteroatoms. The lowest BCUT2D eigenvalue weighted by molar-refractivity contribution is 0.102. The van der Waals surface area contributed by atoms with Crippen molar-refractivity contribution in [2.45, 2.75) is 13.8 Å². The Kier molecular flexibility index (Phi) is 3.82. The quantitative estimate of drug-likeness (QED) is 0.695. The molecule has 0 fully saturated rings. The average molecular weight is 200 g/mol. The van der Waals surface area contributed by atoms with Crippen molar-refractivity contribution in [3.63, 3.8) is 0 Å². The molecule has 0 saturated carbocycles. The second-order valence-electron chi connectivity index (χ2n) is 2.49. The van der Waals surface area contributed by atoms with E-state index in [1.165, 1.54) is 0 Å². The van der Waals surface area contributed by atoms with E-state index in [4.69, 9.17) is 0 Å². The SMILES string of the molecule is CCSCC(=O)c1sccc1C. The Labute approximate surface area is 81.2 Å². The predicted molar refractivity (Wildman–Crippen MR) is 56.4 cm³/mol. The third-order valence-corrected chi connectivity index (χ3v) is 3.48. The summed E-state index contributed by atoms with van der Waals surface area (Å²) in [5, 5.41) is 1.97. The molecule has 12 heavy (non-hydrogen) atoms. The van der Waals surface area contributed by atoms with Gasteiger partial charge in [-0.1, -0.05) is 6.92 Å². The molecule has 0 spiro atoms. The van der Waals surface area contributed by atoms with Gasteiger partial charge < -0.3 is 0 Å². The number of carbonyl (C=O) groups is 1. The summed E-state index contributed by atoms with van der Waals surface area (Å²) >= 11 is 3.23. The highest BCUT2D eigenvalue weighted by Crippen LogP contribution is 2.17. The summed E-state index contributed by atoms with van der Waals surface area (Å²) < 4.78 is 0. The normalized spacial score (nSPS) is 10.2. The first-order valence-corrected chi connectivity index (χ1v) is 5.94. The number of hydrogen-bond acceptors (Lipinski definition) is 3. The lowest BCUT2D eigenvalue weighted by atomic mass is 10.2. The van der Waals surface area contributed by atoms with Crippen LogP contribution in [0.5, 0.6) is 0 Å². The highest BCUT2D eigenvalue weighted by molar-refractivity contribution is 7.99. The average Bonchev–Trinajstić information content (AvgIpc) is 2.47. The van der Waals surface area contributed by atoms with Gasteiger partial charge in [0.05, 0.1) is 10.6 Å². The monoisotopic (exact) mass is 200 g/mol. The Morgan fingerprint density at radius 3 is 2.92 bits per heavy atom. The summed E-state index contributed by atoms with van der Waals surface area (Å²) in [7, 11) is 0. The number of ketones is 1. The van der Waals surface area contributed by atoms with Crippen LogP contribution in [0.3, 0.4) is 0 Å². The van der Waals surface area contributed by atoms with Crippen LogP contribution < -0.4 is 0 Å². The molecule has 0 radical (unpaired) electrons. The van der Waals surface area contributed by atoms with E-state index in [1.54, 1.807) is 23.1 Å². The highest BCUT2D eigenvalue weighted by atomic mass is 32.2. The number of carbonyl (C=O) groups excluding carboxylic acids is 1. The van der Waals surface area contributed by atoms with Gasteiger partial charge in [-0.15, -0.1) is 11.3 Å². The zero-order chi connectivity index (χ0) is 8.97. The summed E-state index contributed by atoms with van der Waals surface area (Å²) in [5.74, 6) is 1.91. The molecule has 0 aliphatic heterocycles. The number of thioether (sulfide) groups is 1. The number of hydrogen-bond donors (Lipinski definition) is 0. The van der Waals surface area contributed by atoms with E-state index >= 15 is 0 Å². The van der Waals surface area contributed by atoms with Gasteiger partial charge in [-0.2, -0.15) is 11.8 Å². The van der Waals surface area contributed by atoms with Crippen molar-refractivity contribution in [3.8, 4) is 0 Å². The molecule has 1 nitrogen and oxygen atoms in total. The zero-order valence-electron chi connectivity index (χ0n) is 7.29. The van der Waals surface area contributed by atoms with Crippen molar-refractivity contribution in [3.05, 3.63) is 21.9 Å². The minimum Gasteiger partial charge on any atom is -0.292 e. The fourth-order valence-corrected chi connectivity index (χ4v) is 2.41. The summed E-state index contributed by atoms with van der Waals surface area (Å²) in [6.07, 6.45) is 0. The number of thiophene rings is 1. The van der Waals surface area contributed by atoms with Gasteiger partial charge in [0.2, 0.25) is 0 Å². The fourth-order valence-electron chi connectivity index (χ4n) is 0.919. The van der Waals surface area contributed by atoms with E-state index in [2.05, 4.69) is 6.92 Å². The van der Waals surface area contributed by atoms with Crippen LogP contribution in [0.25, 0.3) is 0 Å². The third-order valence-electron chi connectivity index (χ3n) is 1.55. The van der Waals surface area contributed by atoms with Crippen molar-refractivity contribution in [2.24, 2.45) is 0 Å². The third kappa shape index (κ3) is 2.35. The molecule has 0 bridgehead atoms. The lowest BCUT2D eigenvalue weighted by Gasteiger charge is -1.96. The minimum absolute atomic E-state index is 0.273. The zero-order valence-corrected chi connectivity index (χ0v) is 8.93. The van der Waals surface area contributed by atoms with Gasteiger partial charge in [-0.05, 0) is 29.7 Å². The van der Waals surface area contributed by atoms with Gasteiger partial charge in [0.15, 0.2) is 5.78 Å². The smallest absolute Gasteiger partial charge is 0.182 e. The second-order valence-corrected chi connectivity index (χ2v) is 4.68. The van der Waals surface area contributed by atoms with Crippen molar-refractivity contribution < 1.29 is 4.79 Å². The van der Waals surface area contributed by atoms with E-state index in [9.17, 15) is 4.79 Å². The molecule has 1 rings (SSSR count). The Balaban J connectivity index is 2.59. The maximum atomic E-state index is 11.5. The molecule has 0 N–H and O–H groups in total. The Bertz CT molecular complexity index is 265. The lowest BCUT2D eigenvalue weighted by Crippen LogP contribution is -2.01. The maximum absolute atomic E-state index is 11.5. The molecule has 66 valence electrons. The van der Waals surface area contributed by atoms with E-state index in [0.29, 0.717) is 5.75 Å². The van der Waals surface area contributed by atoms with Crippen LogP contribution in [0, 0.1) is 6.92 Å². The standard InChI is InChI=1S/C9H12OS2/c1-3-11-6-8(10)9-7(2)4-5-12-9/h4-5H,3,6H2,1-2H3. The largest absolute Gasteiger partial charge is 0.292 e. The second kappa shape index (κ2) is 4.67. The van der Waals surface area contributed by atoms with Crippen LogP contribution in [0.1, 0.15) is 22.2 Å². The van der Waals surface area contributed by atoms with Crippen LogP contribution in [-0.4, -0.2) is 17.3 Å². The van der Waals surface area contributed by atoms with Gasteiger partial charge in [0.25, 0.3) is 0 Å². The number of Topliss-reactive ketones (excluding diaryl/α,β-unsaturated/α-hetero) is 1. The summed E-state index contributed by atoms with van der Waals surface area (Å²) in [5.41, 5.74) is 1.11. The molecule has 0 saturated heterocycles. The first-order valence-electron chi connectivity index (χ1n) is 3.90. The van der Waals surface area contributed by atoms with Crippen molar-refractivity contribution >= 4 is 28.9 Å². The Morgan fingerprint density at radius 2 is 2.42 bits per heavy atom. The topological polar surface area (TPSA) is 17.1 Å². The van der Waals surface area contributed by atoms with E-state index in [-0.39, 0.29) is 5.78 Å².